The summed E-state index contributed by atoms with van der Waals surface area (Å²) in [4.78, 5) is 11.9. The topological polar surface area (TPSA) is 74.7 Å². The van der Waals surface area contributed by atoms with Gasteiger partial charge in [0.15, 0.2) is 0 Å². The minimum atomic E-state index is -3.95. The van der Waals surface area contributed by atoms with Crippen LogP contribution in [-0.2, 0) is 14.8 Å². The Morgan fingerprint density at radius 1 is 1.07 bits per heavy atom. The quantitative estimate of drug-likeness (QED) is 0.784. The van der Waals surface area contributed by atoms with E-state index in [1.54, 1.807) is 25.1 Å². The van der Waals surface area contributed by atoms with Gasteiger partial charge in [0.1, 0.15) is 0 Å². The van der Waals surface area contributed by atoms with Gasteiger partial charge >= 0.3 is 5.97 Å². The number of benzene rings is 2. The molecule has 0 amide bonds. The van der Waals surface area contributed by atoms with Crippen LogP contribution < -0.4 is 0 Å². The highest BCUT2D eigenvalue weighted by Crippen LogP contribution is 2.42. The smallest absolute Gasteiger partial charge is 0.333 e. The molecular weight excluding hydrogens is 409 g/mol. The molecule has 0 aromatic heterocycles. The van der Waals surface area contributed by atoms with Crippen LogP contribution >= 0.6 is 23.2 Å². The molecule has 8 heteroatoms. The maximum absolute atomic E-state index is 13.3. The number of carbonyl (C=O) groups is 1. The molecule has 0 spiro atoms. The second kappa shape index (κ2) is 7.28. The molecule has 2 aromatic rings. The molecule has 2 aromatic carbocycles. The van der Waals surface area contributed by atoms with Gasteiger partial charge in [0, 0.05) is 6.04 Å². The van der Waals surface area contributed by atoms with Crippen molar-refractivity contribution in [3.8, 4) is 0 Å². The predicted octanol–water partition coefficient (Wildman–Crippen LogP) is 4.45. The predicted molar refractivity (Wildman–Crippen MR) is 105 cm³/mol. The van der Waals surface area contributed by atoms with Crippen molar-refractivity contribution in [1.82, 2.24) is 4.31 Å². The third-order valence-electron chi connectivity index (χ3n) is 4.47. The molecule has 0 radical (unpaired) electrons. The van der Waals surface area contributed by atoms with Crippen molar-refractivity contribution in [1.29, 1.82) is 0 Å². The van der Waals surface area contributed by atoms with Gasteiger partial charge in [-0.25, -0.2) is 13.2 Å². The monoisotopic (exact) mass is 425 g/mol. The van der Waals surface area contributed by atoms with Crippen molar-refractivity contribution in [3.05, 3.63) is 75.3 Å². The largest absolute Gasteiger partial charge is 0.478 e. The summed E-state index contributed by atoms with van der Waals surface area (Å²) in [5.41, 5.74) is 1.35. The summed E-state index contributed by atoms with van der Waals surface area (Å²) >= 11 is 12.0. The van der Waals surface area contributed by atoms with Crippen LogP contribution in [0.25, 0.3) is 0 Å². The molecule has 2 atom stereocenters. The van der Waals surface area contributed by atoms with Gasteiger partial charge in [-0.2, -0.15) is 4.31 Å². The highest BCUT2D eigenvalue weighted by Gasteiger charge is 2.44. The Kier molecular flexibility index (Phi) is 5.36. The first kappa shape index (κ1) is 19.9. The van der Waals surface area contributed by atoms with E-state index in [0.29, 0.717) is 10.6 Å². The molecule has 27 heavy (non-hydrogen) atoms. The van der Waals surface area contributed by atoms with E-state index < -0.39 is 28.1 Å². The fourth-order valence-corrected chi connectivity index (χ4v) is 5.22. The summed E-state index contributed by atoms with van der Waals surface area (Å²) < 4.78 is 27.8. The Balaban J connectivity index is 2.16. The molecule has 1 aliphatic rings. The second-order valence-electron chi connectivity index (χ2n) is 6.39. The lowest BCUT2D eigenvalue weighted by molar-refractivity contribution is -0.133. The second-order valence-corrected chi connectivity index (χ2v) is 9.05. The lowest BCUT2D eigenvalue weighted by Crippen LogP contribution is -2.37. The minimum Gasteiger partial charge on any atom is -0.478 e. The summed E-state index contributed by atoms with van der Waals surface area (Å²) in [5.74, 6) is -1.18. The number of carboxylic acids is 1. The zero-order valence-electron chi connectivity index (χ0n) is 14.6. The zero-order chi connectivity index (χ0) is 19.9. The highest BCUT2D eigenvalue weighted by molar-refractivity contribution is 7.89. The van der Waals surface area contributed by atoms with Crippen molar-refractivity contribution in [2.45, 2.75) is 30.8 Å². The van der Waals surface area contributed by atoms with Crippen LogP contribution in [0.3, 0.4) is 0 Å². The summed E-state index contributed by atoms with van der Waals surface area (Å²) in [6, 6.07) is 9.41. The van der Waals surface area contributed by atoms with Gasteiger partial charge in [0.05, 0.1) is 26.6 Å². The molecule has 142 valence electrons. The maximum atomic E-state index is 13.3. The van der Waals surface area contributed by atoms with Crippen molar-refractivity contribution in [3.63, 3.8) is 0 Å². The van der Waals surface area contributed by atoms with Gasteiger partial charge in [0.25, 0.3) is 0 Å². The molecule has 0 aliphatic carbocycles. The van der Waals surface area contributed by atoms with E-state index in [-0.39, 0.29) is 15.5 Å². The Bertz CT molecular complexity index is 1030. The number of rotatable bonds is 4. The first-order valence-electron chi connectivity index (χ1n) is 8.13. The van der Waals surface area contributed by atoms with E-state index in [2.05, 4.69) is 0 Å². The number of halogens is 2. The van der Waals surface area contributed by atoms with Crippen molar-refractivity contribution in [2.24, 2.45) is 0 Å². The lowest BCUT2D eigenvalue weighted by Gasteiger charge is -2.29. The Labute approximate surface area is 167 Å². The molecule has 0 fully saturated rings. The Morgan fingerprint density at radius 2 is 1.70 bits per heavy atom. The van der Waals surface area contributed by atoms with E-state index in [1.807, 2.05) is 6.92 Å². The highest BCUT2D eigenvalue weighted by atomic mass is 35.5. The number of aliphatic carboxylic acids is 1. The van der Waals surface area contributed by atoms with E-state index >= 15 is 0 Å². The Hall–Kier alpha value is -1.86. The third-order valence-corrected chi connectivity index (χ3v) is 7.18. The van der Waals surface area contributed by atoms with Crippen LogP contribution in [0.5, 0.6) is 0 Å². The van der Waals surface area contributed by atoms with Crippen LogP contribution in [-0.4, -0.2) is 29.8 Å². The van der Waals surface area contributed by atoms with Crippen molar-refractivity contribution in [2.75, 3.05) is 0 Å². The number of hydrogen-bond acceptors (Lipinski definition) is 3. The molecular formula is C19H17Cl2NO4S. The summed E-state index contributed by atoms with van der Waals surface area (Å²) in [6.45, 7) is 3.50. The van der Waals surface area contributed by atoms with Gasteiger partial charge in [-0.05, 0) is 43.7 Å². The van der Waals surface area contributed by atoms with Crippen LogP contribution in [0.2, 0.25) is 10.0 Å². The molecule has 0 saturated heterocycles. The fraction of sp³-hybridized carbons (Fsp3) is 0.211. The fourth-order valence-electron chi connectivity index (χ4n) is 3.18. The minimum absolute atomic E-state index is 0.0171. The molecule has 1 N–H and O–H groups in total. The van der Waals surface area contributed by atoms with Crippen LogP contribution in [0.4, 0.5) is 0 Å². The first-order chi connectivity index (χ1) is 12.6. The van der Waals surface area contributed by atoms with E-state index in [0.717, 1.165) is 5.56 Å². The number of carboxylic acid groups (broad SMARTS) is 1. The van der Waals surface area contributed by atoms with E-state index in [9.17, 15) is 18.3 Å². The summed E-state index contributed by atoms with van der Waals surface area (Å²) in [6.07, 6.45) is 1.45. The van der Waals surface area contributed by atoms with Gasteiger partial charge in [-0.1, -0.05) is 53.0 Å². The standard InChI is InChI=1S/C19H17Cl2NO4S/c1-11-3-6-14(7-4-11)27(25,26)22-12(2)9-15(19(23)24)18(22)13-5-8-16(20)17(21)10-13/h3-10,12,18H,1-2H3,(H,23,24)/t12-,18+/m1/s1. The number of nitrogens with zero attached hydrogens (tertiary/aromatic N) is 1. The third kappa shape index (κ3) is 3.62. The molecule has 1 heterocycles. The summed E-state index contributed by atoms with van der Waals surface area (Å²) in [7, 11) is -3.95. The number of hydrogen-bond donors (Lipinski definition) is 1. The van der Waals surface area contributed by atoms with Gasteiger partial charge < -0.3 is 5.11 Å². The van der Waals surface area contributed by atoms with Crippen molar-refractivity contribution >= 4 is 39.2 Å². The average molecular weight is 426 g/mol. The van der Waals surface area contributed by atoms with Gasteiger partial charge in [-0.15, -0.1) is 0 Å². The molecule has 1 aliphatic heterocycles. The number of sulfonamides is 1. The Morgan fingerprint density at radius 3 is 2.26 bits per heavy atom. The normalized spacial score (nSPS) is 20.5. The molecule has 0 saturated carbocycles. The molecule has 0 bridgehead atoms. The average Bonchev–Trinajstić information content (AvgIpc) is 2.96. The number of aryl methyl sites for hydroxylation is 1. The van der Waals surface area contributed by atoms with Crippen LogP contribution in [0.15, 0.2) is 59.0 Å². The van der Waals surface area contributed by atoms with Gasteiger partial charge in [-0.3, -0.25) is 0 Å². The lowest BCUT2D eigenvalue weighted by atomic mass is 10.0. The van der Waals surface area contributed by atoms with Crippen molar-refractivity contribution < 1.29 is 18.3 Å². The van der Waals surface area contributed by atoms with Gasteiger partial charge in [0.2, 0.25) is 10.0 Å². The maximum Gasteiger partial charge on any atom is 0.333 e. The molecule has 3 rings (SSSR count). The van der Waals surface area contributed by atoms with Crippen LogP contribution in [0, 0.1) is 6.92 Å². The summed E-state index contributed by atoms with van der Waals surface area (Å²) in [5, 5.41) is 10.2. The zero-order valence-corrected chi connectivity index (χ0v) is 16.9. The molecule has 0 unspecified atom stereocenters. The van der Waals surface area contributed by atoms with Crippen LogP contribution in [0.1, 0.15) is 24.1 Å². The first-order valence-corrected chi connectivity index (χ1v) is 10.3. The van der Waals surface area contributed by atoms with E-state index in [4.69, 9.17) is 23.2 Å². The SMILES string of the molecule is Cc1ccc(S(=O)(=O)N2[C@H](C)C=C(C(=O)O)[C@@H]2c2ccc(Cl)c(Cl)c2)cc1. The van der Waals surface area contributed by atoms with E-state index in [1.165, 1.54) is 34.6 Å². The molecule has 5 nitrogen and oxygen atoms in total.